The first kappa shape index (κ1) is 16.3. The van der Waals surface area contributed by atoms with Crippen LogP contribution in [0.2, 0.25) is 0 Å². The van der Waals surface area contributed by atoms with Crippen LogP contribution >= 0.6 is 11.3 Å². The minimum atomic E-state index is -0.114. The maximum atomic E-state index is 11.9. The van der Waals surface area contributed by atoms with Crippen LogP contribution in [0.5, 0.6) is 0 Å². The number of thiazole rings is 1. The molecule has 0 aliphatic rings. The SMILES string of the molecule is CCc1ccc(-c2noc(CCC(=O)Nc3nc(C)cs3)n2)cc1. The highest BCUT2D eigenvalue weighted by Gasteiger charge is 2.11. The predicted molar refractivity (Wildman–Crippen MR) is 92.9 cm³/mol. The number of amides is 1. The van der Waals surface area contributed by atoms with Gasteiger partial charge in [-0.2, -0.15) is 4.98 Å². The van der Waals surface area contributed by atoms with E-state index in [2.05, 4.69) is 39.5 Å². The van der Waals surface area contributed by atoms with E-state index in [1.165, 1.54) is 16.9 Å². The van der Waals surface area contributed by atoms with E-state index < -0.39 is 0 Å². The first-order chi connectivity index (χ1) is 11.6. The minimum absolute atomic E-state index is 0.114. The summed E-state index contributed by atoms with van der Waals surface area (Å²) in [5.74, 6) is 0.884. The van der Waals surface area contributed by atoms with Crippen molar-refractivity contribution in [2.75, 3.05) is 5.32 Å². The zero-order valence-corrected chi connectivity index (χ0v) is 14.4. The van der Waals surface area contributed by atoms with Crippen molar-refractivity contribution in [1.82, 2.24) is 15.1 Å². The number of nitrogens with one attached hydrogen (secondary N) is 1. The quantitative estimate of drug-likeness (QED) is 0.740. The van der Waals surface area contributed by atoms with Crippen molar-refractivity contribution in [2.45, 2.75) is 33.1 Å². The molecule has 2 aromatic heterocycles. The fraction of sp³-hybridized carbons (Fsp3) is 0.294. The Morgan fingerprint density at radius 3 is 2.71 bits per heavy atom. The van der Waals surface area contributed by atoms with Crippen molar-refractivity contribution in [3.63, 3.8) is 0 Å². The van der Waals surface area contributed by atoms with Gasteiger partial charge >= 0.3 is 0 Å². The number of nitrogens with zero attached hydrogens (tertiary/aromatic N) is 3. The summed E-state index contributed by atoms with van der Waals surface area (Å²) in [5, 5.41) is 9.25. The Morgan fingerprint density at radius 2 is 2.04 bits per heavy atom. The zero-order valence-electron chi connectivity index (χ0n) is 13.6. The smallest absolute Gasteiger partial charge is 0.227 e. The van der Waals surface area contributed by atoms with Gasteiger partial charge in [0.2, 0.25) is 17.6 Å². The molecule has 0 aliphatic carbocycles. The lowest BCUT2D eigenvalue weighted by Crippen LogP contribution is -2.12. The Labute approximate surface area is 143 Å². The van der Waals surface area contributed by atoms with Crippen molar-refractivity contribution >= 4 is 22.4 Å². The van der Waals surface area contributed by atoms with Crippen molar-refractivity contribution < 1.29 is 9.32 Å². The van der Waals surface area contributed by atoms with E-state index in [1.54, 1.807) is 0 Å². The van der Waals surface area contributed by atoms with Crippen LogP contribution in [0.4, 0.5) is 5.13 Å². The molecule has 2 heterocycles. The molecular formula is C17H18N4O2S. The molecule has 1 N–H and O–H groups in total. The second-order valence-corrected chi connectivity index (χ2v) is 6.26. The predicted octanol–water partition coefficient (Wildman–Crippen LogP) is 3.64. The number of rotatable bonds is 6. The normalized spacial score (nSPS) is 10.8. The van der Waals surface area contributed by atoms with Gasteiger partial charge in [-0.15, -0.1) is 11.3 Å². The molecule has 0 fully saturated rings. The van der Waals surface area contributed by atoms with Crippen molar-refractivity contribution in [1.29, 1.82) is 0 Å². The van der Waals surface area contributed by atoms with Crippen LogP contribution in [-0.2, 0) is 17.6 Å². The molecule has 1 amide bonds. The van der Waals surface area contributed by atoms with Gasteiger partial charge in [-0.05, 0) is 18.9 Å². The van der Waals surface area contributed by atoms with Gasteiger partial charge in [-0.25, -0.2) is 4.98 Å². The lowest BCUT2D eigenvalue weighted by Gasteiger charge is -1.99. The fourth-order valence-corrected chi connectivity index (χ4v) is 2.88. The van der Waals surface area contributed by atoms with E-state index in [-0.39, 0.29) is 12.3 Å². The Bertz CT molecular complexity index is 823. The summed E-state index contributed by atoms with van der Waals surface area (Å²) in [6.45, 7) is 4.00. The van der Waals surface area contributed by atoms with Crippen LogP contribution in [0.3, 0.4) is 0 Å². The maximum Gasteiger partial charge on any atom is 0.227 e. The van der Waals surface area contributed by atoms with Gasteiger partial charge < -0.3 is 9.84 Å². The van der Waals surface area contributed by atoms with Gasteiger partial charge in [0.1, 0.15) is 0 Å². The number of benzene rings is 1. The highest BCUT2D eigenvalue weighted by atomic mass is 32.1. The molecule has 0 bridgehead atoms. The van der Waals surface area contributed by atoms with Crippen LogP contribution in [0.1, 0.15) is 30.5 Å². The van der Waals surface area contributed by atoms with E-state index in [1.807, 2.05) is 24.4 Å². The molecule has 6 nitrogen and oxygen atoms in total. The molecule has 0 atom stereocenters. The number of anilines is 1. The molecule has 124 valence electrons. The van der Waals surface area contributed by atoms with E-state index in [9.17, 15) is 4.79 Å². The first-order valence-corrected chi connectivity index (χ1v) is 8.66. The number of aromatic nitrogens is 3. The summed E-state index contributed by atoms with van der Waals surface area (Å²) in [6.07, 6.45) is 1.66. The second kappa shape index (κ2) is 7.35. The van der Waals surface area contributed by atoms with Crippen LogP contribution < -0.4 is 5.32 Å². The van der Waals surface area contributed by atoms with E-state index >= 15 is 0 Å². The molecule has 0 radical (unpaired) electrons. The van der Waals surface area contributed by atoms with Crippen molar-refractivity contribution in [3.05, 3.63) is 46.8 Å². The topological polar surface area (TPSA) is 80.9 Å². The maximum absolute atomic E-state index is 11.9. The molecule has 0 unspecified atom stereocenters. The molecule has 0 spiro atoms. The second-order valence-electron chi connectivity index (χ2n) is 5.40. The molecular weight excluding hydrogens is 324 g/mol. The average Bonchev–Trinajstić information content (AvgIpc) is 3.22. The fourth-order valence-electron chi connectivity index (χ4n) is 2.18. The van der Waals surface area contributed by atoms with Crippen LogP contribution in [-0.4, -0.2) is 21.0 Å². The van der Waals surface area contributed by atoms with Gasteiger partial charge in [0.05, 0.1) is 5.69 Å². The average molecular weight is 342 g/mol. The molecule has 3 rings (SSSR count). The number of carbonyl (C=O) groups excluding carboxylic acids is 1. The molecule has 24 heavy (non-hydrogen) atoms. The van der Waals surface area contributed by atoms with Gasteiger partial charge in [-0.1, -0.05) is 36.3 Å². The largest absolute Gasteiger partial charge is 0.339 e. The Balaban J connectivity index is 1.56. The van der Waals surface area contributed by atoms with Crippen molar-refractivity contribution in [3.8, 4) is 11.4 Å². The standard InChI is InChI=1S/C17H18N4O2S/c1-3-12-4-6-13(7-5-12)16-20-15(23-21-16)9-8-14(22)19-17-18-11(2)10-24-17/h4-7,10H,3,8-9H2,1-2H3,(H,18,19,22). The first-order valence-electron chi connectivity index (χ1n) is 7.78. The molecule has 1 aromatic carbocycles. The van der Waals surface area contributed by atoms with Crippen LogP contribution in [0.15, 0.2) is 34.2 Å². The Hall–Kier alpha value is -2.54. The molecule has 0 aliphatic heterocycles. The number of carbonyl (C=O) groups is 1. The monoisotopic (exact) mass is 342 g/mol. The highest BCUT2D eigenvalue weighted by molar-refractivity contribution is 7.13. The van der Waals surface area contributed by atoms with Crippen molar-refractivity contribution in [2.24, 2.45) is 0 Å². The summed E-state index contributed by atoms with van der Waals surface area (Å²) >= 11 is 1.41. The Kier molecular flexibility index (Phi) is 5.00. The lowest BCUT2D eigenvalue weighted by molar-refractivity contribution is -0.116. The summed E-state index contributed by atoms with van der Waals surface area (Å²) in [4.78, 5) is 20.5. The number of hydrogen-bond acceptors (Lipinski definition) is 6. The summed E-state index contributed by atoms with van der Waals surface area (Å²) in [7, 11) is 0. The Morgan fingerprint density at radius 1 is 1.25 bits per heavy atom. The summed E-state index contributed by atoms with van der Waals surface area (Å²) in [5.41, 5.74) is 3.06. The van der Waals surface area contributed by atoms with Gasteiger partial charge in [0.15, 0.2) is 5.13 Å². The number of aryl methyl sites for hydroxylation is 3. The lowest BCUT2D eigenvalue weighted by atomic mass is 10.1. The third kappa shape index (κ3) is 4.05. The van der Waals surface area contributed by atoms with Crippen LogP contribution in [0, 0.1) is 6.92 Å². The van der Waals surface area contributed by atoms with E-state index in [0.29, 0.717) is 23.3 Å². The van der Waals surface area contributed by atoms with Gasteiger partial charge in [0, 0.05) is 23.8 Å². The van der Waals surface area contributed by atoms with Crippen LogP contribution in [0.25, 0.3) is 11.4 Å². The summed E-state index contributed by atoms with van der Waals surface area (Å²) in [6, 6.07) is 8.06. The number of hydrogen-bond donors (Lipinski definition) is 1. The van der Waals surface area contributed by atoms with E-state index in [4.69, 9.17) is 4.52 Å². The third-order valence-electron chi connectivity index (χ3n) is 3.52. The van der Waals surface area contributed by atoms with E-state index in [0.717, 1.165) is 17.7 Å². The highest BCUT2D eigenvalue weighted by Crippen LogP contribution is 2.18. The summed E-state index contributed by atoms with van der Waals surface area (Å²) < 4.78 is 5.23. The van der Waals surface area contributed by atoms with Gasteiger partial charge in [0.25, 0.3) is 0 Å². The molecule has 0 saturated carbocycles. The third-order valence-corrected chi connectivity index (χ3v) is 4.40. The van der Waals surface area contributed by atoms with Gasteiger partial charge in [-0.3, -0.25) is 4.79 Å². The zero-order chi connectivity index (χ0) is 16.9. The molecule has 3 aromatic rings. The molecule has 7 heteroatoms. The molecule has 0 saturated heterocycles. The minimum Gasteiger partial charge on any atom is -0.339 e.